The van der Waals surface area contributed by atoms with Gasteiger partial charge in [-0.25, -0.2) is 9.97 Å². The van der Waals surface area contributed by atoms with E-state index in [0.717, 1.165) is 44.8 Å². The van der Waals surface area contributed by atoms with Crippen LogP contribution in [0.4, 0.5) is 0 Å². The van der Waals surface area contributed by atoms with Gasteiger partial charge in [-0.3, -0.25) is 0 Å². The zero-order chi connectivity index (χ0) is 36.4. The van der Waals surface area contributed by atoms with Crippen molar-refractivity contribution in [1.82, 2.24) is 19.9 Å². The molecule has 4 aromatic carbocycles. The fraction of sp³-hybridized carbons (Fsp3) is 0. The van der Waals surface area contributed by atoms with Crippen LogP contribution in [0.2, 0.25) is 0 Å². The number of aromatic nitrogens is 4. The minimum absolute atomic E-state index is 0. The van der Waals surface area contributed by atoms with Crippen LogP contribution < -0.4 is 0 Å². The Bertz CT molecular complexity index is 2110. The van der Waals surface area contributed by atoms with Crippen molar-refractivity contribution in [2.24, 2.45) is 0 Å². The molecule has 0 radical (unpaired) electrons. The van der Waals surface area contributed by atoms with Gasteiger partial charge >= 0.3 is 0 Å². The molecule has 53 heavy (non-hydrogen) atoms. The van der Waals surface area contributed by atoms with Gasteiger partial charge in [0.05, 0.1) is 22.8 Å². The van der Waals surface area contributed by atoms with E-state index in [1.165, 1.54) is 14.3 Å². The van der Waals surface area contributed by atoms with Crippen LogP contribution in [0.25, 0.3) is 46.4 Å². The number of benzene rings is 4. The number of nitrogens with zero attached hydrogens (tertiary/aromatic N) is 2. The number of fused-ring (bicyclic) bond motifs is 8. The maximum atomic E-state index is 4.62. The van der Waals surface area contributed by atoms with Crippen molar-refractivity contribution in [3.05, 3.63) is 207 Å². The average Bonchev–Trinajstić information content (AvgIpc) is 3.98. The van der Waals surface area contributed by atoms with E-state index in [4.69, 9.17) is 0 Å². The van der Waals surface area contributed by atoms with Crippen molar-refractivity contribution in [1.29, 1.82) is 0 Å². The molecule has 268 valence electrons. The van der Waals surface area contributed by atoms with Gasteiger partial charge < -0.3 is 9.97 Å². The summed E-state index contributed by atoms with van der Waals surface area (Å²) in [6.07, 6.45) is 8.05. The molecule has 8 bridgehead atoms. The van der Waals surface area contributed by atoms with Crippen molar-refractivity contribution in [3.8, 4) is 0 Å². The summed E-state index contributed by atoms with van der Waals surface area (Å²) in [5.41, 5.74) is 7.86. The molecule has 7 aromatic rings. The normalized spacial score (nSPS) is 10.3. The van der Waals surface area contributed by atoms with E-state index in [1.807, 2.05) is 140 Å². The Hall–Kier alpha value is -2.94. The molecule has 9 heteroatoms. The standard InChI is InChI=1S/C20H14N4.4C6H4I.Pd/c1-2-14-10-16-5-6-18(23-16)12-20-8-7-19(24-20)11-17-4-3-15(22-17)9-13(1)21-14;4*7-6-4-2-1-3-5-6;/h1-12,21-22H;4*2-5H;/q;4*-1;. The molecule has 2 aliphatic heterocycles. The summed E-state index contributed by atoms with van der Waals surface area (Å²) in [5.74, 6) is 0. The molecular weight excluding hydrogens is 1200 g/mol. The van der Waals surface area contributed by atoms with E-state index in [-0.39, 0.29) is 20.4 Å². The van der Waals surface area contributed by atoms with Crippen molar-refractivity contribution < 1.29 is 20.4 Å². The first-order valence-electron chi connectivity index (χ1n) is 15.9. The van der Waals surface area contributed by atoms with Crippen LogP contribution in [0.1, 0.15) is 22.8 Å². The van der Waals surface area contributed by atoms with Gasteiger partial charge in [0.25, 0.3) is 0 Å². The van der Waals surface area contributed by atoms with Crippen molar-refractivity contribution in [2.45, 2.75) is 0 Å². The first-order valence-corrected chi connectivity index (χ1v) is 20.2. The number of hydrogen-bond acceptors (Lipinski definition) is 2. The predicted octanol–water partition coefficient (Wildman–Crippen LogP) is 13.0. The van der Waals surface area contributed by atoms with Crippen LogP contribution >= 0.6 is 90.4 Å². The zero-order valence-electron chi connectivity index (χ0n) is 27.9. The van der Waals surface area contributed by atoms with Crippen LogP contribution in [0.3, 0.4) is 0 Å². The molecule has 0 saturated heterocycles. The third-order valence-corrected chi connectivity index (χ3v) is 9.63. The number of halogens is 4. The third-order valence-electron chi connectivity index (χ3n) is 6.75. The van der Waals surface area contributed by atoms with E-state index >= 15 is 0 Å². The van der Waals surface area contributed by atoms with Crippen LogP contribution in [0.5, 0.6) is 0 Å². The SMILES string of the molecule is C1=Cc2cc3ccc(cc4ccc(cc5nc(cc1n2)C=C5)[nH]4)[nH]3.Ic1cc[c-]cc1.Ic1cc[c-]cc1.Ic1cc[c-]cc1.Ic1cc[c-]cc1.[Pd]. The largest absolute Gasteiger partial charge is 0.355 e. The molecule has 0 atom stereocenters. The monoisotopic (exact) mass is 1230 g/mol. The van der Waals surface area contributed by atoms with Gasteiger partial charge in [-0.15, -0.1) is 0 Å². The Balaban J connectivity index is 0.000000176. The molecule has 9 rings (SSSR count). The minimum Gasteiger partial charge on any atom is -0.355 e. The first-order chi connectivity index (χ1) is 25.4. The topological polar surface area (TPSA) is 57.4 Å². The molecule has 0 aliphatic carbocycles. The van der Waals surface area contributed by atoms with Crippen molar-refractivity contribution >= 4 is 137 Å². The van der Waals surface area contributed by atoms with Gasteiger partial charge in [0.15, 0.2) is 0 Å². The van der Waals surface area contributed by atoms with E-state index in [0.29, 0.717) is 0 Å². The van der Waals surface area contributed by atoms with E-state index < -0.39 is 0 Å². The second-order valence-electron chi connectivity index (χ2n) is 10.8. The van der Waals surface area contributed by atoms with E-state index in [9.17, 15) is 0 Å². The fourth-order valence-corrected chi connectivity index (χ4v) is 5.85. The molecule has 4 nitrogen and oxygen atoms in total. The molecule has 0 spiro atoms. The molecule has 3 aromatic heterocycles. The Morgan fingerprint density at radius 2 is 0.585 bits per heavy atom. The first kappa shape index (κ1) is 42.8. The van der Waals surface area contributed by atoms with Crippen molar-refractivity contribution in [3.63, 3.8) is 0 Å². The Labute approximate surface area is 379 Å². The molecule has 2 N–H and O–H groups in total. The molecule has 0 unspecified atom stereocenters. The summed E-state index contributed by atoms with van der Waals surface area (Å²) in [4.78, 5) is 16.0. The molecule has 2 aliphatic rings. The number of hydrogen-bond donors (Lipinski definition) is 2. The van der Waals surface area contributed by atoms with Gasteiger partial charge in [-0.2, -0.15) is 121 Å². The summed E-state index contributed by atoms with van der Waals surface area (Å²) < 4.78 is 5.04. The Morgan fingerprint density at radius 3 is 0.830 bits per heavy atom. The van der Waals surface area contributed by atoms with Crippen LogP contribution in [0, 0.1) is 38.5 Å². The second kappa shape index (κ2) is 23.8. The summed E-state index contributed by atoms with van der Waals surface area (Å²) in [7, 11) is 0. The summed E-state index contributed by atoms with van der Waals surface area (Å²) in [5, 5.41) is 0. The summed E-state index contributed by atoms with van der Waals surface area (Å²) in [6, 6.07) is 59.5. The van der Waals surface area contributed by atoms with E-state index in [2.05, 4.69) is 165 Å². The predicted molar refractivity (Wildman–Crippen MR) is 251 cm³/mol. The number of aromatic amines is 2. The van der Waals surface area contributed by atoms with Crippen LogP contribution in [0.15, 0.2) is 146 Å². The molecule has 0 fully saturated rings. The number of nitrogens with one attached hydrogen (secondary N) is 2. The smallest absolute Gasteiger partial charge is 0.0659 e. The number of H-pyrrole nitrogens is 2. The summed E-state index contributed by atoms with van der Waals surface area (Å²) in [6.45, 7) is 0. The van der Waals surface area contributed by atoms with Gasteiger partial charge in [0.2, 0.25) is 0 Å². The second-order valence-corrected chi connectivity index (χ2v) is 15.8. The summed E-state index contributed by atoms with van der Waals surface area (Å²) >= 11 is 9.04. The maximum absolute atomic E-state index is 4.62. The zero-order valence-corrected chi connectivity index (χ0v) is 38.1. The molecular formula is C44H30I4N4Pd-4. The van der Waals surface area contributed by atoms with Crippen molar-refractivity contribution in [2.75, 3.05) is 0 Å². The Morgan fingerprint density at radius 1 is 0.340 bits per heavy atom. The molecule has 5 heterocycles. The number of rotatable bonds is 0. The van der Waals surface area contributed by atoms with Gasteiger partial charge in [0, 0.05) is 42.5 Å². The average molecular weight is 1230 g/mol. The molecule has 0 amide bonds. The van der Waals surface area contributed by atoms with Gasteiger partial charge in [0.1, 0.15) is 0 Å². The Kier molecular flexibility index (Phi) is 19.2. The minimum atomic E-state index is 0. The van der Waals surface area contributed by atoms with E-state index in [1.54, 1.807) is 0 Å². The molecule has 0 saturated carbocycles. The fourth-order valence-electron chi connectivity index (χ4n) is 4.41. The maximum Gasteiger partial charge on any atom is 0.0659 e. The van der Waals surface area contributed by atoms with Crippen LogP contribution in [-0.2, 0) is 20.4 Å². The van der Waals surface area contributed by atoms with Gasteiger partial charge in [-0.05, 0) is 72.8 Å². The van der Waals surface area contributed by atoms with Gasteiger partial charge in [-0.1, -0.05) is 105 Å². The van der Waals surface area contributed by atoms with Crippen LogP contribution in [-0.4, -0.2) is 19.9 Å². The third kappa shape index (κ3) is 16.5. The quantitative estimate of drug-likeness (QED) is 0.0903.